The van der Waals surface area contributed by atoms with Gasteiger partial charge in [0.25, 0.3) is 5.91 Å². The summed E-state index contributed by atoms with van der Waals surface area (Å²) in [5, 5.41) is 2.78. The average Bonchev–Trinajstić information content (AvgIpc) is 2.34. The third kappa shape index (κ3) is 4.38. The van der Waals surface area contributed by atoms with E-state index in [1.807, 2.05) is 13.8 Å². The lowest BCUT2D eigenvalue weighted by molar-refractivity contribution is 0.0943. The zero-order chi connectivity index (χ0) is 15.3. The van der Waals surface area contributed by atoms with Crippen molar-refractivity contribution >= 4 is 21.6 Å². The number of carbonyl (C=O) groups is 1. The molecule has 0 aliphatic rings. The smallest absolute Gasteiger partial charge is 0.251 e. The van der Waals surface area contributed by atoms with Gasteiger partial charge in [0.1, 0.15) is 0 Å². The van der Waals surface area contributed by atoms with Crippen molar-refractivity contribution in [3.05, 3.63) is 42.5 Å². The van der Waals surface area contributed by atoms with E-state index in [1.165, 1.54) is 10.4 Å². The second kappa shape index (κ2) is 6.56. The van der Waals surface area contributed by atoms with Gasteiger partial charge in [0.05, 0.1) is 18.5 Å². The fourth-order valence-corrected chi connectivity index (χ4v) is 2.55. The van der Waals surface area contributed by atoms with Crippen LogP contribution in [0.2, 0.25) is 0 Å². The predicted molar refractivity (Wildman–Crippen MR) is 81.4 cm³/mol. The lowest BCUT2D eigenvalue weighted by Gasteiger charge is -2.20. The summed E-state index contributed by atoms with van der Waals surface area (Å²) in [5.74, 6) is -0.179. The maximum Gasteiger partial charge on any atom is 0.251 e. The number of nitrogens with one attached hydrogen (secondary N) is 1. The van der Waals surface area contributed by atoms with Crippen LogP contribution in [0.15, 0.2) is 36.9 Å². The van der Waals surface area contributed by atoms with Gasteiger partial charge in [-0.25, -0.2) is 8.42 Å². The molecule has 0 atom stereocenters. The molecule has 0 spiro atoms. The molecule has 0 bridgehead atoms. The van der Waals surface area contributed by atoms with Crippen LogP contribution < -0.4 is 9.62 Å². The van der Waals surface area contributed by atoms with Crippen molar-refractivity contribution in [1.29, 1.82) is 0 Å². The van der Waals surface area contributed by atoms with Gasteiger partial charge in [-0.15, -0.1) is 6.58 Å². The second-order valence-corrected chi connectivity index (χ2v) is 6.66. The Balaban J connectivity index is 3.00. The molecule has 0 saturated heterocycles. The Kier molecular flexibility index (Phi) is 5.33. The summed E-state index contributed by atoms with van der Waals surface area (Å²) in [5.41, 5.74) is 1.00. The van der Waals surface area contributed by atoms with E-state index in [-0.39, 0.29) is 18.5 Å². The van der Waals surface area contributed by atoms with Gasteiger partial charge in [-0.2, -0.15) is 0 Å². The first-order valence-corrected chi connectivity index (χ1v) is 8.10. The van der Waals surface area contributed by atoms with Crippen LogP contribution in [0.25, 0.3) is 0 Å². The van der Waals surface area contributed by atoms with Crippen molar-refractivity contribution < 1.29 is 13.2 Å². The molecule has 20 heavy (non-hydrogen) atoms. The minimum atomic E-state index is -3.37. The number of benzene rings is 1. The fourth-order valence-electron chi connectivity index (χ4n) is 1.67. The maximum absolute atomic E-state index is 11.8. The third-order valence-corrected chi connectivity index (χ3v) is 3.69. The van der Waals surface area contributed by atoms with Crippen molar-refractivity contribution in [2.75, 3.05) is 17.1 Å². The largest absolute Gasteiger partial charge is 0.350 e. The van der Waals surface area contributed by atoms with Crippen LogP contribution in [-0.2, 0) is 10.0 Å². The third-order valence-electron chi connectivity index (χ3n) is 2.53. The molecular formula is C14H20N2O3S. The highest BCUT2D eigenvalue weighted by molar-refractivity contribution is 7.92. The van der Waals surface area contributed by atoms with E-state index in [4.69, 9.17) is 0 Å². The summed E-state index contributed by atoms with van der Waals surface area (Å²) < 4.78 is 24.6. The standard InChI is InChI=1S/C14H20N2O3S/c1-5-10-16(20(4,18)19)13-8-6-12(7-9-13)14(17)15-11(2)3/h5-9,11H,1,10H2,2-4H3,(H,15,17). The van der Waals surface area contributed by atoms with Crippen LogP contribution in [0.5, 0.6) is 0 Å². The summed E-state index contributed by atoms with van der Waals surface area (Å²) in [6.45, 7) is 7.49. The monoisotopic (exact) mass is 296 g/mol. The first kappa shape index (κ1) is 16.2. The van der Waals surface area contributed by atoms with Crippen LogP contribution in [0.1, 0.15) is 24.2 Å². The molecule has 1 rings (SSSR count). The van der Waals surface area contributed by atoms with E-state index in [9.17, 15) is 13.2 Å². The van der Waals surface area contributed by atoms with Crippen molar-refractivity contribution in [2.45, 2.75) is 19.9 Å². The molecule has 0 aromatic heterocycles. The summed E-state index contributed by atoms with van der Waals surface area (Å²) in [4.78, 5) is 11.8. The zero-order valence-electron chi connectivity index (χ0n) is 12.0. The fraction of sp³-hybridized carbons (Fsp3) is 0.357. The number of nitrogens with zero attached hydrogens (tertiary/aromatic N) is 1. The first-order valence-electron chi connectivity index (χ1n) is 6.25. The number of amides is 1. The van der Waals surface area contributed by atoms with E-state index in [1.54, 1.807) is 24.3 Å². The molecule has 110 valence electrons. The van der Waals surface area contributed by atoms with E-state index in [0.29, 0.717) is 11.3 Å². The normalized spacial score (nSPS) is 11.2. The first-order chi connectivity index (χ1) is 9.25. The number of rotatable bonds is 6. The molecular weight excluding hydrogens is 276 g/mol. The molecule has 1 aromatic rings. The number of sulfonamides is 1. The van der Waals surface area contributed by atoms with Gasteiger partial charge < -0.3 is 5.32 Å². The van der Waals surface area contributed by atoms with Crippen LogP contribution in [0.4, 0.5) is 5.69 Å². The Morgan fingerprint density at radius 2 is 1.90 bits per heavy atom. The lowest BCUT2D eigenvalue weighted by Crippen LogP contribution is -2.31. The van der Waals surface area contributed by atoms with Crippen molar-refractivity contribution in [3.63, 3.8) is 0 Å². The quantitative estimate of drug-likeness (QED) is 0.814. The van der Waals surface area contributed by atoms with Crippen LogP contribution in [0.3, 0.4) is 0 Å². The van der Waals surface area contributed by atoms with Gasteiger partial charge in [-0.05, 0) is 38.1 Å². The van der Waals surface area contributed by atoms with Crippen LogP contribution >= 0.6 is 0 Å². The molecule has 0 saturated carbocycles. The van der Waals surface area contributed by atoms with Crippen molar-refractivity contribution in [2.24, 2.45) is 0 Å². The Morgan fingerprint density at radius 3 is 2.30 bits per heavy atom. The molecule has 0 aliphatic heterocycles. The molecule has 0 unspecified atom stereocenters. The molecule has 0 fully saturated rings. The molecule has 0 radical (unpaired) electrons. The Bertz CT molecular complexity index is 577. The molecule has 1 aromatic carbocycles. The van der Waals surface area contributed by atoms with Gasteiger partial charge in [-0.3, -0.25) is 9.10 Å². The van der Waals surface area contributed by atoms with Gasteiger partial charge in [0.2, 0.25) is 10.0 Å². The van der Waals surface area contributed by atoms with E-state index < -0.39 is 10.0 Å². The number of hydrogen-bond acceptors (Lipinski definition) is 3. The highest BCUT2D eigenvalue weighted by Gasteiger charge is 2.16. The van der Waals surface area contributed by atoms with Crippen molar-refractivity contribution in [3.8, 4) is 0 Å². The number of carbonyl (C=O) groups excluding carboxylic acids is 1. The second-order valence-electron chi connectivity index (χ2n) is 4.76. The molecule has 6 heteroatoms. The SMILES string of the molecule is C=CCN(c1ccc(C(=O)NC(C)C)cc1)S(C)(=O)=O. The summed E-state index contributed by atoms with van der Waals surface area (Å²) in [6, 6.07) is 6.48. The Labute approximate surface area is 120 Å². The Morgan fingerprint density at radius 1 is 1.35 bits per heavy atom. The summed E-state index contributed by atoms with van der Waals surface area (Å²) in [7, 11) is -3.37. The molecule has 0 heterocycles. The zero-order valence-corrected chi connectivity index (χ0v) is 12.8. The number of anilines is 1. The maximum atomic E-state index is 11.8. The molecule has 1 N–H and O–H groups in total. The van der Waals surface area contributed by atoms with Gasteiger partial charge in [0, 0.05) is 11.6 Å². The van der Waals surface area contributed by atoms with Gasteiger partial charge in [-0.1, -0.05) is 6.08 Å². The highest BCUT2D eigenvalue weighted by Crippen LogP contribution is 2.18. The average molecular weight is 296 g/mol. The topological polar surface area (TPSA) is 66.5 Å². The highest BCUT2D eigenvalue weighted by atomic mass is 32.2. The van der Waals surface area contributed by atoms with E-state index >= 15 is 0 Å². The minimum Gasteiger partial charge on any atom is -0.350 e. The van der Waals surface area contributed by atoms with Gasteiger partial charge in [0.15, 0.2) is 0 Å². The Hall–Kier alpha value is -1.82. The van der Waals surface area contributed by atoms with E-state index in [2.05, 4.69) is 11.9 Å². The summed E-state index contributed by atoms with van der Waals surface area (Å²) in [6.07, 6.45) is 2.65. The summed E-state index contributed by atoms with van der Waals surface area (Å²) >= 11 is 0. The molecule has 1 amide bonds. The molecule has 0 aliphatic carbocycles. The van der Waals surface area contributed by atoms with Crippen LogP contribution in [-0.4, -0.2) is 33.2 Å². The van der Waals surface area contributed by atoms with E-state index in [0.717, 1.165) is 6.26 Å². The molecule has 5 nitrogen and oxygen atoms in total. The van der Waals surface area contributed by atoms with Crippen LogP contribution in [0, 0.1) is 0 Å². The number of hydrogen-bond donors (Lipinski definition) is 1. The minimum absolute atomic E-state index is 0.0514. The lowest BCUT2D eigenvalue weighted by atomic mass is 10.2. The predicted octanol–water partition coefficient (Wildman–Crippen LogP) is 1.78. The van der Waals surface area contributed by atoms with Gasteiger partial charge >= 0.3 is 0 Å². The van der Waals surface area contributed by atoms with Crippen molar-refractivity contribution in [1.82, 2.24) is 5.32 Å².